The molecule has 0 atom stereocenters. The number of nitrogens with zero attached hydrogens (tertiary/aromatic N) is 2. The van der Waals surface area contributed by atoms with Crippen molar-refractivity contribution in [3.8, 4) is 11.5 Å². The number of carbonyl (C=O) groups excluding carboxylic acids is 3. The van der Waals surface area contributed by atoms with Gasteiger partial charge in [0.15, 0.2) is 22.4 Å². The first kappa shape index (κ1) is 27.6. The summed E-state index contributed by atoms with van der Waals surface area (Å²) in [5.74, 6) is -0.143. The zero-order chi connectivity index (χ0) is 26.5. The van der Waals surface area contributed by atoms with Crippen molar-refractivity contribution in [1.29, 1.82) is 0 Å². The fourth-order valence-electron chi connectivity index (χ4n) is 3.81. The zero-order valence-electron chi connectivity index (χ0n) is 19.8. The normalized spacial score (nSPS) is 16.8. The molecule has 0 saturated carbocycles. The van der Waals surface area contributed by atoms with E-state index in [2.05, 4.69) is 37.3 Å². The van der Waals surface area contributed by atoms with Crippen molar-refractivity contribution in [2.75, 3.05) is 26.8 Å². The van der Waals surface area contributed by atoms with Gasteiger partial charge in [0.05, 0.1) is 16.5 Å². The number of nitrogens with one attached hydrogen (secondary N) is 1. The standard InChI is InChI=1S/C25H23Br2N3O5S2/c1-34-19-12-15(11-18(27)22(19)35-14-21(31)29-9-3-2-4-10-29)13-20-24(33)30(25(36)37-20)28-23(32)16-5-7-17(26)8-6-16/h5-8,11-13H,2-4,9-10,14H2,1H3,(H,28,32)/b20-13+. The minimum Gasteiger partial charge on any atom is -0.493 e. The van der Waals surface area contributed by atoms with Crippen LogP contribution >= 0.6 is 55.8 Å². The number of hydrogen-bond donors (Lipinski definition) is 1. The van der Waals surface area contributed by atoms with Gasteiger partial charge in [-0.05, 0) is 95.4 Å². The van der Waals surface area contributed by atoms with E-state index < -0.39 is 11.8 Å². The molecule has 2 fully saturated rings. The van der Waals surface area contributed by atoms with Crippen LogP contribution < -0.4 is 14.9 Å². The second kappa shape index (κ2) is 12.4. The van der Waals surface area contributed by atoms with E-state index in [0.29, 0.717) is 32.0 Å². The maximum atomic E-state index is 13.0. The highest BCUT2D eigenvalue weighted by Crippen LogP contribution is 2.39. The van der Waals surface area contributed by atoms with E-state index in [1.54, 1.807) is 42.5 Å². The van der Waals surface area contributed by atoms with Crippen molar-refractivity contribution in [3.63, 3.8) is 0 Å². The van der Waals surface area contributed by atoms with Crippen LogP contribution in [0.4, 0.5) is 0 Å². The molecule has 8 nitrogen and oxygen atoms in total. The number of carbonyl (C=O) groups is 3. The summed E-state index contributed by atoms with van der Waals surface area (Å²) in [5, 5.41) is 1.06. The van der Waals surface area contributed by atoms with E-state index in [-0.39, 0.29) is 16.8 Å². The lowest BCUT2D eigenvalue weighted by Crippen LogP contribution is -2.44. The maximum Gasteiger partial charge on any atom is 0.285 e. The highest BCUT2D eigenvalue weighted by molar-refractivity contribution is 9.10. The smallest absolute Gasteiger partial charge is 0.285 e. The van der Waals surface area contributed by atoms with E-state index in [1.165, 1.54) is 7.11 Å². The summed E-state index contributed by atoms with van der Waals surface area (Å²) >= 11 is 13.2. The van der Waals surface area contributed by atoms with Crippen LogP contribution in [0.25, 0.3) is 6.08 Å². The minimum absolute atomic E-state index is 0.0633. The van der Waals surface area contributed by atoms with Crippen molar-refractivity contribution in [3.05, 3.63) is 61.4 Å². The molecular formula is C25H23Br2N3O5S2. The molecule has 2 saturated heterocycles. The quantitative estimate of drug-likeness (QED) is 0.322. The highest BCUT2D eigenvalue weighted by atomic mass is 79.9. The summed E-state index contributed by atoms with van der Waals surface area (Å²) in [4.78, 5) is 40.2. The highest BCUT2D eigenvalue weighted by Gasteiger charge is 2.34. The third-order valence-corrected chi connectivity index (χ3v) is 8.13. The van der Waals surface area contributed by atoms with E-state index in [9.17, 15) is 14.4 Å². The number of piperidine rings is 1. The lowest BCUT2D eigenvalue weighted by atomic mass is 10.1. The zero-order valence-corrected chi connectivity index (χ0v) is 24.6. The van der Waals surface area contributed by atoms with Crippen LogP contribution in [0.15, 0.2) is 50.2 Å². The molecule has 0 aliphatic carbocycles. The Kier molecular flexibility index (Phi) is 9.27. The number of halogens is 2. The SMILES string of the molecule is COc1cc(/C=C2/SC(=S)N(NC(=O)c3ccc(Br)cc3)C2=O)cc(Br)c1OCC(=O)N1CCCCC1. The Hall–Kier alpha value is -2.41. The molecule has 3 amide bonds. The average molecular weight is 669 g/mol. The van der Waals surface area contributed by atoms with Gasteiger partial charge in [-0.2, -0.15) is 5.01 Å². The van der Waals surface area contributed by atoms with Gasteiger partial charge in [0, 0.05) is 23.1 Å². The first-order valence-corrected chi connectivity index (χ1v) is 14.2. The number of amides is 3. The molecule has 37 heavy (non-hydrogen) atoms. The third-order valence-electron chi connectivity index (χ3n) is 5.71. The predicted octanol–water partition coefficient (Wildman–Crippen LogP) is 5.16. The predicted molar refractivity (Wildman–Crippen MR) is 153 cm³/mol. The van der Waals surface area contributed by atoms with Crippen LogP contribution in [0.2, 0.25) is 0 Å². The fourth-order valence-corrected chi connectivity index (χ4v) is 5.83. The van der Waals surface area contributed by atoms with Crippen LogP contribution in [0.3, 0.4) is 0 Å². The molecule has 2 aliphatic rings. The Morgan fingerprint density at radius 1 is 1.14 bits per heavy atom. The summed E-state index contributed by atoms with van der Waals surface area (Å²) in [6.07, 6.45) is 4.81. The van der Waals surface area contributed by atoms with Crippen LogP contribution in [0.1, 0.15) is 35.2 Å². The molecule has 2 aromatic carbocycles. The summed E-state index contributed by atoms with van der Waals surface area (Å²) in [6.45, 7) is 1.41. The Morgan fingerprint density at radius 3 is 2.51 bits per heavy atom. The number of likely N-dealkylation sites (tertiary alicyclic amines) is 1. The number of hydrazine groups is 1. The van der Waals surface area contributed by atoms with Crippen LogP contribution in [0.5, 0.6) is 11.5 Å². The molecule has 4 rings (SSSR count). The number of thioether (sulfide) groups is 1. The van der Waals surface area contributed by atoms with Gasteiger partial charge >= 0.3 is 0 Å². The van der Waals surface area contributed by atoms with Gasteiger partial charge in [-0.1, -0.05) is 27.7 Å². The van der Waals surface area contributed by atoms with Crippen molar-refractivity contribution >= 4 is 84.0 Å². The van der Waals surface area contributed by atoms with Gasteiger partial charge in [-0.25, -0.2) is 0 Å². The van der Waals surface area contributed by atoms with Gasteiger partial charge in [0.1, 0.15) is 0 Å². The molecule has 12 heteroatoms. The number of rotatable bonds is 7. The average Bonchev–Trinajstić information content (AvgIpc) is 3.15. The molecule has 0 bridgehead atoms. The van der Waals surface area contributed by atoms with E-state index >= 15 is 0 Å². The molecule has 0 radical (unpaired) electrons. The first-order valence-electron chi connectivity index (χ1n) is 11.4. The van der Waals surface area contributed by atoms with E-state index in [1.807, 2.05) is 4.90 Å². The molecular weight excluding hydrogens is 646 g/mol. The summed E-state index contributed by atoms with van der Waals surface area (Å²) in [6, 6.07) is 10.2. The molecule has 194 valence electrons. The number of ether oxygens (including phenoxy) is 2. The third kappa shape index (κ3) is 6.73. The Labute approximate surface area is 240 Å². The van der Waals surface area contributed by atoms with Crippen molar-refractivity contribution in [2.45, 2.75) is 19.3 Å². The number of benzene rings is 2. The van der Waals surface area contributed by atoms with Gasteiger partial charge in [0.2, 0.25) is 0 Å². The Bertz CT molecular complexity index is 1260. The first-order chi connectivity index (χ1) is 17.8. The molecule has 0 unspecified atom stereocenters. The largest absolute Gasteiger partial charge is 0.493 e. The minimum atomic E-state index is -0.449. The Morgan fingerprint density at radius 2 is 1.84 bits per heavy atom. The lowest BCUT2D eigenvalue weighted by Gasteiger charge is -2.26. The lowest BCUT2D eigenvalue weighted by molar-refractivity contribution is -0.134. The summed E-state index contributed by atoms with van der Waals surface area (Å²) < 4.78 is 12.9. The number of thiocarbonyl (C=S) groups is 1. The second-order valence-electron chi connectivity index (χ2n) is 8.23. The van der Waals surface area contributed by atoms with E-state index in [4.69, 9.17) is 21.7 Å². The molecule has 0 spiro atoms. The maximum absolute atomic E-state index is 13.0. The topological polar surface area (TPSA) is 88.2 Å². The van der Waals surface area contributed by atoms with Gasteiger partial charge < -0.3 is 14.4 Å². The van der Waals surface area contributed by atoms with Crippen LogP contribution in [0, 0.1) is 0 Å². The summed E-state index contributed by atoms with van der Waals surface area (Å²) in [7, 11) is 1.50. The van der Waals surface area contributed by atoms with Crippen LogP contribution in [-0.4, -0.2) is 58.8 Å². The Balaban J connectivity index is 1.46. The number of hydrogen-bond acceptors (Lipinski definition) is 7. The van der Waals surface area contributed by atoms with Crippen molar-refractivity contribution in [1.82, 2.24) is 15.3 Å². The molecule has 2 aliphatic heterocycles. The molecule has 2 heterocycles. The second-order valence-corrected chi connectivity index (χ2v) is 11.7. The van der Waals surface area contributed by atoms with Crippen molar-refractivity contribution in [2.24, 2.45) is 0 Å². The van der Waals surface area contributed by atoms with Gasteiger partial charge in [-0.3, -0.25) is 19.8 Å². The van der Waals surface area contributed by atoms with Crippen molar-refractivity contribution < 1.29 is 23.9 Å². The molecule has 2 aromatic rings. The summed E-state index contributed by atoms with van der Waals surface area (Å²) in [5.41, 5.74) is 3.61. The van der Waals surface area contributed by atoms with Gasteiger partial charge in [0.25, 0.3) is 17.7 Å². The van der Waals surface area contributed by atoms with Gasteiger partial charge in [-0.15, -0.1) is 0 Å². The van der Waals surface area contributed by atoms with E-state index in [0.717, 1.165) is 53.6 Å². The monoisotopic (exact) mass is 667 g/mol. The van der Waals surface area contributed by atoms with Crippen LogP contribution in [-0.2, 0) is 9.59 Å². The number of methoxy groups -OCH3 is 1. The molecule has 0 aromatic heterocycles. The molecule has 1 N–H and O–H groups in total. The fraction of sp³-hybridized carbons (Fsp3) is 0.280.